The molecule has 2 N–H and O–H groups in total. The molecule has 1 fully saturated rings. The molecule has 1 aromatic carbocycles. The highest BCUT2D eigenvalue weighted by atomic mass is 16.5. The predicted molar refractivity (Wildman–Crippen MR) is 80.0 cm³/mol. The zero-order valence-electron chi connectivity index (χ0n) is 12.7. The van der Waals surface area contributed by atoms with E-state index in [1.165, 1.54) is 0 Å². The van der Waals surface area contributed by atoms with Crippen molar-refractivity contribution in [1.29, 1.82) is 0 Å². The third-order valence-corrected chi connectivity index (χ3v) is 3.38. The first kappa shape index (κ1) is 15.4. The number of ether oxygens (including phenoxy) is 1. The largest absolute Gasteiger partial charge is 0.491 e. The topological polar surface area (TPSA) is 67.4 Å². The predicted octanol–water partition coefficient (Wildman–Crippen LogP) is 1.68. The molecule has 1 heterocycles. The maximum absolute atomic E-state index is 11.9. The number of carbonyl (C=O) groups excluding carboxylic acids is 2. The van der Waals surface area contributed by atoms with Crippen LogP contribution in [0.15, 0.2) is 18.2 Å². The molecule has 1 saturated heterocycles. The van der Waals surface area contributed by atoms with Gasteiger partial charge >= 0.3 is 0 Å². The standard InChI is InChI=1S/C16H22N2O3/c1-10(2)21-14-6-4-12(8-11(14)3)9-17-16(20)13-5-7-15(19)18-13/h4,6,8,10,13H,5,7,9H2,1-3H3,(H,17,20)(H,18,19). The first-order valence-electron chi connectivity index (χ1n) is 7.29. The Morgan fingerprint density at radius 3 is 2.81 bits per heavy atom. The Morgan fingerprint density at radius 2 is 2.24 bits per heavy atom. The van der Waals surface area contributed by atoms with Crippen LogP contribution in [-0.2, 0) is 16.1 Å². The van der Waals surface area contributed by atoms with Crippen LogP contribution in [0.3, 0.4) is 0 Å². The lowest BCUT2D eigenvalue weighted by Crippen LogP contribution is -2.41. The highest BCUT2D eigenvalue weighted by molar-refractivity contribution is 5.90. The van der Waals surface area contributed by atoms with Crippen molar-refractivity contribution in [2.75, 3.05) is 0 Å². The molecule has 0 radical (unpaired) electrons. The Balaban J connectivity index is 1.90. The molecule has 1 aliphatic rings. The Kier molecular flexibility index (Phi) is 4.83. The van der Waals surface area contributed by atoms with Gasteiger partial charge in [-0.1, -0.05) is 12.1 Å². The van der Waals surface area contributed by atoms with E-state index >= 15 is 0 Å². The molecular weight excluding hydrogens is 268 g/mol. The van der Waals surface area contributed by atoms with Crippen LogP contribution in [0.4, 0.5) is 0 Å². The summed E-state index contributed by atoms with van der Waals surface area (Å²) >= 11 is 0. The van der Waals surface area contributed by atoms with Gasteiger partial charge in [-0.15, -0.1) is 0 Å². The maximum Gasteiger partial charge on any atom is 0.242 e. The summed E-state index contributed by atoms with van der Waals surface area (Å²) in [5.41, 5.74) is 2.06. The summed E-state index contributed by atoms with van der Waals surface area (Å²) in [6.45, 7) is 6.42. The van der Waals surface area contributed by atoms with Crippen molar-refractivity contribution in [3.05, 3.63) is 29.3 Å². The quantitative estimate of drug-likeness (QED) is 0.867. The average Bonchev–Trinajstić information content (AvgIpc) is 2.85. The molecule has 0 aromatic heterocycles. The Hall–Kier alpha value is -2.04. The zero-order valence-corrected chi connectivity index (χ0v) is 12.7. The molecule has 2 amide bonds. The number of hydrogen-bond acceptors (Lipinski definition) is 3. The molecular formula is C16H22N2O3. The van der Waals surface area contributed by atoms with Gasteiger partial charge in [-0.3, -0.25) is 9.59 Å². The first-order valence-corrected chi connectivity index (χ1v) is 7.29. The minimum Gasteiger partial charge on any atom is -0.491 e. The van der Waals surface area contributed by atoms with Gasteiger partial charge in [-0.05, 0) is 44.4 Å². The normalized spacial score (nSPS) is 17.7. The molecule has 0 spiro atoms. The van der Waals surface area contributed by atoms with Crippen LogP contribution >= 0.6 is 0 Å². The summed E-state index contributed by atoms with van der Waals surface area (Å²) in [4.78, 5) is 23.0. The molecule has 0 saturated carbocycles. The maximum atomic E-state index is 11.9. The second-order valence-electron chi connectivity index (χ2n) is 5.64. The average molecular weight is 290 g/mol. The van der Waals surface area contributed by atoms with Crippen molar-refractivity contribution >= 4 is 11.8 Å². The van der Waals surface area contributed by atoms with E-state index in [0.29, 0.717) is 19.4 Å². The molecule has 1 aliphatic heterocycles. The van der Waals surface area contributed by atoms with Gasteiger partial charge < -0.3 is 15.4 Å². The molecule has 1 unspecified atom stereocenters. The summed E-state index contributed by atoms with van der Waals surface area (Å²) in [7, 11) is 0. The molecule has 2 rings (SSSR count). The summed E-state index contributed by atoms with van der Waals surface area (Å²) in [6.07, 6.45) is 1.14. The van der Waals surface area contributed by atoms with E-state index in [-0.39, 0.29) is 24.0 Å². The van der Waals surface area contributed by atoms with E-state index in [1.807, 2.05) is 39.0 Å². The van der Waals surface area contributed by atoms with Crippen molar-refractivity contribution in [2.24, 2.45) is 0 Å². The highest BCUT2D eigenvalue weighted by Gasteiger charge is 2.26. The van der Waals surface area contributed by atoms with Crippen molar-refractivity contribution < 1.29 is 14.3 Å². The summed E-state index contributed by atoms with van der Waals surface area (Å²) in [6, 6.07) is 5.49. The highest BCUT2D eigenvalue weighted by Crippen LogP contribution is 2.20. The number of amides is 2. The van der Waals surface area contributed by atoms with E-state index in [2.05, 4.69) is 10.6 Å². The molecule has 5 nitrogen and oxygen atoms in total. The number of aryl methyl sites for hydroxylation is 1. The number of hydrogen-bond donors (Lipinski definition) is 2. The van der Waals surface area contributed by atoms with Crippen LogP contribution in [0.25, 0.3) is 0 Å². The van der Waals surface area contributed by atoms with E-state index in [4.69, 9.17) is 4.74 Å². The fourth-order valence-corrected chi connectivity index (χ4v) is 2.33. The summed E-state index contributed by atoms with van der Waals surface area (Å²) in [5, 5.41) is 5.52. The second-order valence-corrected chi connectivity index (χ2v) is 5.64. The summed E-state index contributed by atoms with van der Waals surface area (Å²) < 4.78 is 5.68. The minimum atomic E-state index is -0.387. The van der Waals surface area contributed by atoms with E-state index in [9.17, 15) is 9.59 Å². The SMILES string of the molecule is Cc1cc(CNC(=O)C2CCC(=O)N2)ccc1OC(C)C. The van der Waals surface area contributed by atoms with Crippen molar-refractivity contribution in [2.45, 2.75) is 52.3 Å². The lowest BCUT2D eigenvalue weighted by Gasteiger charge is -2.14. The molecule has 114 valence electrons. The minimum absolute atomic E-state index is 0.0545. The molecule has 21 heavy (non-hydrogen) atoms. The number of carbonyl (C=O) groups is 2. The lowest BCUT2D eigenvalue weighted by molar-refractivity contribution is -0.125. The van der Waals surface area contributed by atoms with Crippen molar-refractivity contribution in [3.8, 4) is 5.75 Å². The van der Waals surface area contributed by atoms with Gasteiger partial charge in [0.25, 0.3) is 0 Å². The van der Waals surface area contributed by atoms with Crippen LogP contribution in [0.1, 0.15) is 37.8 Å². The molecule has 0 bridgehead atoms. The van der Waals surface area contributed by atoms with Gasteiger partial charge in [-0.2, -0.15) is 0 Å². The fraction of sp³-hybridized carbons (Fsp3) is 0.500. The van der Waals surface area contributed by atoms with E-state index < -0.39 is 0 Å². The fourth-order valence-electron chi connectivity index (χ4n) is 2.33. The number of nitrogens with one attached hydrogen (secondary N) is 2. The second kappa shape index (κ2) is 6.61. The third kappa shape index (κ3) is 4.21. The molecule has 1 atom stereocenters. The van der Waals surface area contributed by atoms with E-state index in [1.54, 1.807) is 0 Å². The van der Waals surface area contributed by atoms with Crippen LogP contribution in [0, 0.1) is 6.92 Å². The molecule has 5 heteroatoms. The Morgan fingerprint density at radius 1 is 1.48 bits per heavy atom. The van der Waals surface area contributed by atoms with Gasteiger partial charge in [0.15, 0.2) is 0 Å². The van der Waals surface area contributed by atoms with Crippen LogP contribution in [0.5, 0.6) is 5.75 Å². The molecule has 0 aliphatic carbocycles. The monoisotopic (exact) mass is 290 g/mol. The summed E-state index contributed by atoms with van der Waals surface area (Å²) in [5.74, 6) is 0.685. The number of rotatable bonds is 5. The number of benzene rings is 1. The van der Waals surface area contributed by atoms with Gasteiger partial charge in [0.05, 0.1) is 6.10 Å². The molecule has 1 aromatic rings. The smallest absolute Gasteiger partial charge is 0.242 e. The van der Waals surface area contributed by atoms with Gasteiger partial charge in [0.1, 0.15) is 11.8 Å². The van der Waals surface area contributed by atoms with E-state index in [0.717, 1.165) is 16.9 Å². The Labute approximate surface area is 125 Å². The third-order valence-electron chi connectivity index (χ3n) is 3.38. The Bertz CT molecular complexity index is 540. The van der Waals surface area contributed by atoms with Gasteiger partial charge in [0.2, 0.25) is 11.8 Å². The van der Waals surface area contributed by atoms with Gasteiger partial charge in [-0.25, -0.2) is 0 Å². The van der Waals surface area contributed by atoms with Gasteiger partial charge in [0, 0.05) is 13.0 Å². The zero-order chi connectivity index (χ0) is 15.4. The van der Waals surface area contributed by atoms with Crippen LogP contribution < -0.4 is 15.4 Å². The van der Waals surface area contributed by atoms with Crippen LogP contribution in [0.2, 0.25) is 0 Å². The van der Waals surface area contributed by atoms with Crippen molar-refractivity contribution in [3.63, 3.8) is 0 Å². The first-order chi connectivity index (χ1) is 9.95. The van der Waals surface area contributed by atoms with Crippen LogP contribution in [-0.4, -0.2) is 24.0 Å². The lowest BCUT2D eigenvalue weighted by atomic mass is 10.1. The van der Waals surface area contributed by atoms with Crippen molar-refractivity contribution in [1.82, 2.24) is 10.6 Å².